The van der Waals surface area contributed by atoms with Crippen molar-refractivity contribution in [3.63, 3.8) is 0 Å². The van der Waals surface area contributed by atoms with Crippen LogP contribution in [0.1, 0.15) is 12.5 Å². The van der Waals surface area contributed by atoms with E-state index in [-0.39, 0.29) is 10.9 Å². The van der Waals surface area contributed by atoms with Crippen LogP contribution in [0.5, 0.6) is 0 Å². The number of fused-ring (bicyclic) bond motifs is 2. The number of sulfonamides is 1. The van der Waals surface area contributed by atoms with Crippen molar-refractivity contribution in [2.24, 2.45) is 0 Å². The molecule has 0 saturated heterocycles. The zero-order valence-corrected chi connectivity index (χ0v) is 17.6. The summed E-state index contributed by atoms with van der Waals surface area (Å²) in [5, 5.41) is 6.27. The number of hydrogen-bond acceptors (Lipinski definition) is 6. The van der Waals surface area contributed by atoms with Gasteiger partial charge in [0.1, 0.15) is 0 Å². The smallest absolute Gasteiger partial charge is 0.240 e. The lowest BCUT2D eigenvalue weighted by molar-refractivity contribution is 0.537. The molecule has 0 radical (unpaired) electrons. The number of rotatable bonds is 8. The molecule has 1 atom stereocenters. The maximum absolute atomic E-state index is 12.7. The normalized spacial score (nSPS) is 13.1. The Morgan fingerprint density at radius 2 is 1.93 bits per heavy atom. The van der Waals surface area contributed by atoms with Gasteiger partial charge in [-0.1, -0.05) is 12.1 Å². The molecular weight excluding hydrogens is 404 g/mol. The van der Waals surface area contributed by atoms with Gasteiger partial charge in [0.25, 0.3) is 0 Å². The fraction of sp³-hybridized carbons (Fsp3) is 0.238. The third kappa shape index (κ3) is 4.79. The molecule has 0 fully saturated rings. The van der Waals surface area contributed by atoms with E-state index in [1.807, 2.05) is 19.2 Å². The van der Waals surface area contributed by atoms with Gasteiger partial charge in [0.05, 0.1) is 9.60 Å². The molecule has 2 N–H and O–H groups in total. The van der Waals surface area contributed by atoms with Crippen LogP contribution in [0.2, 0.25) is 0 Å². The number of pyridine rings is 1. The van der Waals surface area contributed by atoms with Crippen LogP contribution in [-0.4, -0.2) is 36.9 Å². The van der Waals surface area contributed by atoms with Crippen molar-refractivity contribution in [2.45, 2.75) is 24.3 Å². The Kier molecular flexibility index (Phi) is 5.86. The van der Waals surface area contributed by atoms with E-state index in [1.165, 1.54) is 27.2 Å². The van der Waals surface area contributed by atoms with Crippen molar-refractivity contribution in [3.05, 3.63) is 66.6 Å². The molecule has 0 unspecified atom stereocenters. The second kappa shape index (κ2) is 8.54. The summed E-state index contributed by atoms with van der Waals surface area (Å²) in [5.41, 5.74) is 1.24. The molecule has 2 aromatic heterocycles. The van der Waals surface area contributed by atoms with Crippen molar-refractivity contribution in [3.8, 4) is 0 Å². The van der Waals surface area contributed by atoms with Gasteiger partial charge in [0, 0.05) is 41.9 Å². The highest BCUT2D eigenvalue weighted by Crippen LogP contribution is 2.20. The summed E-state index contributed by atoms with van der Waals surface area (Å²) < 4.78 is 33.5. The van der Waals surface area contributed by atoms with Gasteiger partial charge in [-0.25, -0.2) is 13.1 Å². The van der Waals surface area contributed by atoms with Gasteiger partial charge in [-0.15, -0.1) is 0 Å². The molecule has 0 spiro atoms. The number of nitrogens with zero attached hydrogens (tertiary/aromatic N) is 2. The predicted molar refractivity (Wildman–Crippen MR) is 118 cm³/mol. The van der Waals surface area contributed by atoms with E-state index >= 15 is 0 Å². The first-order valence-electron chi connectivity index (χ1n) is 9.41. The molecule has 0 aliphatic carbocycles. The third-order valence-electron chi connectivity index (χ3n) is 4.74. The van der Waals surface area contributed by atoms with E-state index in [0.29, 0.717) is 6.54 Å². The van der Waals surface area contributed by atoms with Crippen LogP contribution in [0.4, 0.5) is 0 Å². The van der Waals surface area contributed by atoms with Gasteiger partial charge in [-0.3, -0.25) is 4.98 Å². The highest BCUT2D eigenvalue weighted by Gasteiger charge is 2.17. The minimum absolute atomic E-state index is 0.225. The van der Waals surface area contributed by atoms with E-state index in [9.17, 15) is 8.42 Å². The summed E-state index contributed by atoms with van der Waals surface area (Å²) in [4.78, 5) is 4.32. The third-order valence-corrected chi connectivity index (χ3v) is 7.10. The molecule has 2 heterocycles. The molecule has 4 rings (SSSR count). The molecular formula is C21H22N4O2S2. The maximum atomic E-state index is 12.7. The molecule has 0 bridgehead atoms. The molecule has 0 aliphatic heterocycles. The van der Waals surface area contributed by atoms with Crippen molar-refractivity contribution >= 4 is 42.4 Å². The fourth-order valence-corrected chi connectivity index (χ4v) is 5.14. The predicted octanol–water partition coefficient (Wildman–Crippen LogP) is 3.34. The van der Waals surface area contributed by atoms with Crippen molar-refractivity contribution in [1.29, 1.82) is 0 Å². The van der Waals surface area contributed by atoms with Crippen LogP contribution in [0.25, 0.3) is 20.9 Å². The first kappa shape index (κ1) is 19.9. The quantitative estimate of drug-likeness (QED) is 0.422. The van der Waals surface area contributed by atoms with Crippen LogP contribution < -0.4 is 10.0 Å². The second-order valence-electron chi connectivity index (χ2n) is 7.06. The Hall–Kier alpha value is -2.39. The Morgan fingerprint density at radius 1 is 1.03 bits per heavy atom. The summed E-state index contributed by atoms with van der Waals surface area (Å²) in [6, 6.07) is 13.0. The average Bonchev–Trinajstić information content (AvgIpc) is 3.18. The maximum Gasteiger partial charge on any atom is 0.240 e. The highest BCUT2D eigenvalue weighted by atomic mass is 32.2. The molecule has 2 aromatic carbocycles. The molecule has 8 heteroatoms. The van der Waals surface area contributed by atoms with E-state index < -0.39 is 10.0 Å². The molecule has 4 aromatic rings. The zero-order chi connectivity index (χ0) is 20.3. The molecule has 150 valence electrons. The molecule has 29 heavy (non-hydrogen) atoms. The van der Waals surface area contributed by atoms with E-state index in [2.05, 4.69) is 37.6 Å². The van der Waals surface area contributed by atoms with Crippen LogP contribution in [0.3, 0.4) is 0 Å². The van der Waals surface area contributed by atoms with E-state index in [1.54, 1.807) is 30.6 Å². The molecule has 0 amide bonds. The summed E-state index contributed by atoms with van der Waals surface area (Å²) in [6.07, 6.45) is 6.14. The van der Waals surface area contributed by atoms with Gasteiger partial charge in [0.2, 0.25) is 10.0 Å². The summed E-state index contributed by atoms with van der Waals surface area (Å²) >= 11 is 1.50. The molecule has 0 saturated carbocycles. The van der Waals surface area contributed by atoms with Crippen molar-refractivity contribution < 1.29 is 8.42 Å². The van der Waals surface area contributed by atoms with Gasteiger partial charge in [0.15, 0.2) is 0 Å². The SMILES string of the molecule is C[C@H](CNCCc1ccc2sncc2c1)NS(=O)(=O)c1ccc2cnccc2c1. The molecule has 6 nitrogen and oxygen atoms in total. The highest BCUT2D eigenvalue weighted by molar-refractivity contribution is 7.89. The zero-order valence-electron chi connectivity index (χ0n) is 16.0. The Morgan fingerprint density at radius 3 is 2.83 bits per heavy atom. The van der Waals surface area contributed by atoms with Crippen LogP contribution >= 0.6 is 11.5 Å². The van der Waals surface area contributed by atoms with Crippen molar-refractivity contribution in [1.82, 2.24) is 19.4 Å². The largest absolute Gasteiger partial charge is 0.315 e. The van der Waals surface area contributed by atoms with E-state index in [4.69, 9.17) is 0 Å². The second-order valence-corrected chi connectivity index (χ2v) is 9.61. The van der Waals surface area contributed by atoms with Gasteiger partial charge in [-0.05, 0) is 72.7 Å². The van der Waals surface area contributed by atoms with Crippen LogP contribution in [0, 0.1) is 0 Å². The Balaban J connectivity index is 1.30. The summed E-state index contributed by atoms with van der Waals surface area (Å²) in [5.74, 6) is 0. The summed E-state index contributed by atoms with van der Waals surface area (Å²) in [6.45, 7) is 3.19. The van der Waals surface area contributed by atoms with Crippen molar-refractivity contribution in [2.75, 3.05) is 13.1 Å². The topological polar surface area (TPSA) is 84.0 Å². The minimum Gasteiger partial charge on any atom is -0.315 e. The molecule has 0 aliphatic rings. The number of benzene rings is 2. The Bertz CT molecular complexity index is 1240. The first-order valence-corrected chi connectivity index (χ1v) is 11.7. The first-order chi connectivity index (χ1) is 14.0. The fourth-order valence-electron chi connectivity index (χ4n) is 3.23. The van der Waals surface area contributed by atoms with Gasteiger partial charge in [-0.2, -0.15) is 4.37 Å². The number of hydrogen-bond donors (Lipinski definition) is 2. The van der Waals surface area contributed by atoms with Crippen LogP contribution in [-0.2, 0) is 16.4 Å². The average molecular weight is 427 g/mol. The monoisotopic (exact) mass is 426 g/mol. The summed E-state index contributed by atoms with van der Waals surface area (Å²) in [7, 11) is -3.57. The van der Waals surface area contributed by atoms with Gasteiger partial charge < -0.3 is 5.32 Å². The Labute approximate surface area is 174 Å². The van der Waals surface area contributed by atoms with Gasteiger partial charge >= 0.3 is 0 Å². The lowest BCUT2D eigenvalue weighted by Crippen LogP contribution is -2.40. The van der Waals surface area contributed by atoms with E-state index in [0.717, 1.165) is 23.7 Å². The lowest BCUT2D eigenvalue weighted by atomic mass is 10.1. The van der Waals surface area contributed by atoms with Crippen LogP contribution in [0.15, 0.2) is 66.0 Å². The number of aromatic nitrogens is 2. The standard InChI is InChI=1S/C21H22N4O2S2/c1-15(12-22-8-6-16-2-5-21-19(10-16)14-24-28-21)25-29(26,27)20-4-3-18-13-23-9-7-17(18)11-20/h2-5,7,9-11,13-15,22,25H,6,8,12H2,1H3/t15-/m1/s1. The minimum atomic E-state index is -3.57. The number of nitrogens with one attached hydrogen (secondary N) is 2. The lowest BCUT2D eigenvalue weighted by Gasteiger charge is -2.15.